The van der Waals surface area contributed by atoms with E-state index in [-0.39, 0.29) is 16.4 Å². The number of hydrogen-bond donors (Lipinski definition) is 2. The largest absolute Gasteiger partial charge is 0.504 e. The van der Waals surface area contributed by atoms with Gasteiger partial charge in [-0.15, -0.1) is 0 Å². The molecule has 7 nitrogen and oxygen atoms in total. The summed E-state index contributed by atoms with van der Waals surface area (Å²) in [6.45, 7) is -0.427. The van der Waals surface area contributed by atoms with E-state index < -0.39 is 23.6 Å². The van der Waals surface area contributed by atoms with Crippen LogP contribution in [-0.4, -0.2) is 40.7 Å². The molecule has 0 atom stereocenters. The summed E-state index contributed by atoms with van der Waals surface area (Å²) in [5.74, 6) is -0.866. The second-order valence-electron chi connectivity index (χ2n) is 5.85. The Morgan fingerprint density at radius 2 is 2.07 bits per heavy atom. The van der Waals surface area contributed by atoms with Gasteiger partial charge in [-0.25, -0.2) is 0 Å². The van der Waals surface area contributed by atoms with Crippen molar-refractivity contribution in [1.29, 1.82) is 0 Å². The molecule has 1 aliphatic rings. The van der Waals surface area contributed by atoms with Crippen LogP contribution in [-0.2, 0) is 9.59 Å². The maximum atomic E-state index is 12.6. The third-order valence-electron chi connectivity index (χ3n) is 3.89. The highest BCUT2D eigenvalue weighted by molar-refractivity contribution is 14.1. The molecule has 0 saturated carbocycles. The van der Waals surface area contributed by atoms with Crippen LogP contribution in [0.2, 0.25) is 5.02 Å². The molecule has 29 heavy (non-hydrogen) atoms. The third-order valence-corrected chi connectivity index (χ3v) is 5.95. The van der Waals surface area contributed by atoms with E-state index in [0.29, 0.717) is 19.8 Å². The van der Waals surface area contributed by atoms with Crippen LogP contribution in [0.4, 0.5) is 10.5 Å². The van der Waals surface area contributed by atoms with Crippen molar-refractivity contribution in [3.63, 3.8) is 0 Å². The molecule has 2 N–H and O–H groups in total. The molecule has 0 aromatic heterocycles. The van der Waals surface area contributed by atoms with Crippen LogP contribution in [0.25, 0.3) is 6.08 Å². The fourth-order valence-electron chi connectivity index (χ4n) is 2.52. The van der Waals surface area contributed by atoms with Gasteiger partial charge in [-0.2, -0.15) is 0 Å². The van der Waals surface area contributed by atoms with Gasteiger partial charge in [0.1, 0.15) is 6.54 Å². The Kier molecular flexibility index (Phi) is 6.70. The molecular formula is C19H14ClIN2O5S. The molecule has 2 aromatic carbocycles. The van der Waals surface area contributed by atoms with E-state index in [2.05, 4.69) is 5.32 Å². The van der Waals surface area contributed by atoms with Crippen LogP contribution >= 0.6 is 46.0 Å². The van der Waals surface area contributed by atoms with Gasteiger partial charge in [0.15, 0.2) is 11.5 Å². The number of imide groups is 1. The first-order valence-corrected chi connectivity index (χ1v) is 10.4. The van der Waals surface area contributed by atoms with Gasteiger partial charge in [0.05, 0.1) is 26.3 Å². The van der Waals surface area contributed by atoms with Crippen molar-refractivity contribution in [2.45, 2.75) is 0 Å². The number of amides is 3. The summed E-state index contributed by atoms with van der Waals surface area (Å²) >= 11 is 8.67. The first-order chi connectivity index (χ1) is 13.8. The fourth-order valence-corrected chi connectivity index (χ4v) is 4.16. The maximum Gasteiger partial charge on any atom is 0.294 e. The molecule has 0 aliphatic carbocycles. The number of anilines is 1. The Hall–Kier alpha value is -2.24. The standard InChI is InChI=1S/C19H14ClIN2O5S/c1-28-14-7-10(6-12(21)17(14)25)8-15-18(26)23(19(27)29-15)9-16(24)22-13-5-3-2-4-11(13)20/h2-8,25H,9H2,1H3,(H,22,24)/b15-8+. The number of rotatable bonds is 5. The molecule has 0 spiro atoms. The second kappa shape index (κ2) is 9.06. The maximum absolute atomic E-state index is 12.6. The first kappa shape index (κ1) is 21.5. The van der Waals surface area contributed by atoms with E-state index in [1.807, 2.05) is 22.6 Å². The molecule has 1 saturated heterocycles. The fraction of sp³-hybridized carbons (Fsp3) is 0.105. The summed E-state index contributed by atoms with van der Waals surface area (Å²) in [4.78, 5) is 38.1. The molecule has 0 bridgehead atoms. The van der Waals surface area contributed by atoms with Crippen LogP contribution in [0.1, 0.15) is 5.56 Å². The van der Waals surface area contributed by atoms with Crippen LogP contribution in [0.5, 0.6) is 11.5 Å². The SMILES string of the molecule is COc1cc(/C=C2/SC(=O)N(CC(=O)Nc3ccccc3Cl)C2=O)cc(I)c1O. The van der Waals surface area contributed by atoms with Crippen LogP contribution in [0.15, 0.2) is 41.3 Å². The minimum absolute atomic E-state index is 0.00500. The summed E-state index contributed by atoms with van der Waals surface area (Å²) in [7, 11) is 1.42. The zero-order chi connectivity index (χ0) is 21.1. The molecule has 150 valence electrons. The van der Waals surface area contributed by atoms with Crippen molar-refractivity contribution < 1.29 is 24.2 Å². The topological polar surface area (TPSA) is 95.9 Å². The number of halogens is 2. The second-order valence-corrected chi connectivity index (χ2v) is 8.41. The number of methoxy groups -OCH3 is 1. The predicted octanol–water partition coefficient (Wildman–Crippen LogP) is 4.33. The molecule has 0 unspecified atom stereocenters. The molecule has 3 amide bonds. The van der Waals surface area contributed by atoms with Gasteiger partial charge in [0, 0.05) is 0 Å². The number of nitrogens with one attached hydrogen (secondary N) is 1. The Bertz CT molecular complexity index is 1040. The number of carbonyl (C=O) groups is 3. The number of benzene rings is 2. The summed E-state index contributed by atoms with van der Waals surface area (Å²) in [5.41, 5.74) is 0.975. The van der Waals surface area contributed by atoms with E-state index >= 15 is 0 Å². The molecule has 0 radical (unpaired) electrons. The van der Waals surface area contributed by atoms with Gasteiger partial charge in [0.25, 0.3) is 11.1 Å². The number of phenols is 1. The van der Waals surface area contributed by atoms with Crippen molar-refractivity contribution in [3.8, 4) is 11.5 Å². The third kappa shape index (κ3) is 4.85. The first-order valence-electron chi connectivity index (χ1n) is 8.16. The van der Waals surface area contributed by atoms with Gasteiger partial charge in [-0.05, 0) is 70.3 Å². The Labute approximate surface area is 189 Å². The van der Waals surface area contributed by atoms with Crippen molar-refractivity contribution in [1.82, 2.24) is 4.90 Å². The molecule has 1 heterocycles. The van der Waals surface area contributed by atoms with E-state index in [4.69, 9.17) is 16.3 Å². The molecule has 3 rings (SSSR count). The summed E-state index contributed by atoms with van der Waals surface area (Å²) in [5, 5.41) is 12.3. The summed E-state index contributed by atoms with van der Waals surface area (Å²) in [6.07, 6.45) is 1.51. The average Bonchev–Trinajstić information content (AvgIpc) is 2.93. The van der Waals surface area contributed by atoms with Crippen LogP contribution in [0.3, 0.4) is 0 Å². The minimum Gasteiger partial charge on any atom is -0.504 e. The van der Waals surface area contributed by atoms with Gasteiger partial charge in [-0.1, -0.05) is 23.7 Å². The van der Waals surface area contributed by atoms with Gasteiger partial charge < -0.3 is 15.2 Å². The number of phenolic OH excluding ortho intramolecular Hbond substituents is 1. The van der Waals surface area contributed by atoms with Crippen molar-refractivity contribution in [2.75, 3.05) is 19.0 Å². The zero-order valence-electron chi connectivity index (χ0n) is 14.9. The minimum atomic E-state index is -0.573. The lowest BCUT2D eigenvalue weighted by Crippen LogP contribution is -2.36. The quantitative estimate of drug-likeness (QED) is 0.430. The summed E-state index contributed by atoms with van der Waals surface area (Å²) < 4.78 is 5.64. The van der Waals surface area contributed by atoms with Crippen LogP contribution in [0, 0.1) is 3.57 Å². The molecular weight excluding hydrogens is 531 g/mol. The highest BCUT2D eigenvalue weighted by Crippen LogP contribution is 2.36. The molecule has 2 aromatic rings. The number of ether oxygens (including phenoxy) is 1. The summed E-state index contributed by atoms with van der Waals surface area (Å²) in [6, 6.07) is 9.86. The number of para-hydroxylation sites is 1. The lowest BCUT2D eigenvalue weighted by Gasteiger charge is -2.13. The van der Waals surface area contributed by atoms with Crippen LogP contribution < -0.4 is 10.1 Å². The Morgan fingerprint density at radius 3 is 2.76 bits per heavy atom. The van der Waals surface area contributed by atoms with Gasteiger partial charge >= 0.3 is 0 Å². The Balaban J connectivity index is 1.76. The number of hydrogen-bond acceptors (Lipinski definition) is 6. The molecule has 1 aliphatic heterocycles. The smallest absolute Gasteiger partial charge is 0.294 e. The van der Waals surface area contributed by atoms with E-state index in [0.717, 1.165) is 16.7 Å². The molecule has 1 fully saturated rings. The monoisotopic (exact) mass is 544 g/mol. The van der Waals surface area contributed by atoms with E-state index in [1.165, 1.54) is 13.2 Å². The number of carbonyl (C=O) groups excluding carboxylic acids is 3. The lowest BCUT2D eigenvalue weighted by molar-refractivity contribution is -0.127. The number of aromatic hydroxyl groups is 1. The van der Waals surface area contributed by atoms with Gasteiger partial charge in [0.2, 0.25) is 5.91 Å². The van der Waals surface area contributed by atoms with Gasteiger partial charge in [-0.3, -0.25) is 19.3 Å². The van der Waals surface area contributed by atoms with Crippen molar-refractivity contribution in [3.05, 3.63) is 55.5 Å². The number of thioether (sulfide) groups is 1. The number of nitrogens with zero attached hydrogens (tertiary/aromatic N) is 1. The van der Waals surface area contributed by atoms with E-state index in [9.17, 15) is 19.5 Å². The van der Waals surface area contributed by atoms with Crippen molar-refractivity contribution in [2.24, 2.45) is 0 Å². The zero-order valence-corrected chi connectivity index (χ0v) is 18.7. The van der Waals surface area contributed by atoms with E-state index in [1.54, 1.807) is 36.4 Å². The Morgan fingerprint density at radius 1 is 1.34 bits per heavy atom. The average molecular weight is 545 g/mol. The lowest BCUT2D eigenvalue weighted by atomic mass is 10.2. The highest BCUT2D eigenvalue weighted by atomic mass is 127. The normalized spacial score (nSPS) is 15.1. The highest BCUT2D eigenvalue weighted by Gasteiger charge is 2.36. The molecule has 10 heteroatoms. The van der Waals surface area contributed by atoms with Crippen molar-refractivity contribution >= 4 is 74.8 Å². The predicted molar refractivity (Wildman–Crippen MR) is 120 cm³/mol.